The van der Waals surface area contributed by atoms with E-state index in [1.54, 1.807) is 6.07 Å². The van der Waals surface area contributed by atoms with E-state index >= 15 is 0 Å². The van der Waals surface area contributed by atoms with Crippen LogP contribution in [0.4, 0.5) is 11.6 Å². The molecule has 136 valence electrons. The van der Waals surface area contributed by atoms with Crippen molar-refractivity contribution < 1.29 is 4.79 Å². The quantitative estimate of drug-likeness (QED) is 0.702. The molecule has 1 heterocycles. The molecule has 0 aliphatic heterocycles. The summed E-state index contributed by atoms with van der Waals surface area (Å²) in [4.78, 5) is 20.7. The number of aromatic nitrogens is 2. The first-order valence-corrected chi connectivity index (χ1v) is 9.31. The smallest absolute Gasteiger partial charge is 0.258 e. The number of rotatable bonds is 6. The van der Waals surface area contributed by atoms with E-state index in [0.717, 1.165) is 18.5 Å². The number of carbonyl (C=O) groups excluding carboxylic acids is 1. The molecule has 3 rings (SSSR count). The summed E-state index contributed by atoms with van der Waals surface area (Å²) in [5.74, 6) is 0.278. The number of benzene rings is 1. The van der Waals surface area contributed by atoms with Crippen molar-refractivity contribution >= 4 is 29.1 Å². The highest BCUT2D eigenvalue weighted by Gasteiger charge is 2.09. The largest absolute Gasteiger partial charge is 0.354 e. The molecule has 0 atom stereocenters. The van der Waals surface area contributed by atoms with Crippen LogP contribution in [-0.2, 0) is 0 Å². The fraction of sp³-hybridized carbons (Fsp3) is 0.350. The molecule has 1 amide bonds. The lowest BCUT2D eigenvalue weighted by Gasteiger charge is -2.12. The summed E-state index contributed by atoms with van der Waals surface area (Å²) in [5, 5.41) is 6.63. The van der Waals surface area contributed by atoms with Gasteiger partial charge in [0.05, 0.1) is 5.56 Å². The van der Waals surface area contributed by atoms with Crippen molar-refractivity contribution in [1.82, 2.24) is 9.97 Å². The summed E-state index contributed by atoms with van der Waals surface area (Å²) in [6.07, 6.45) is 11.4. The van der Waals surface area contributed by atoms with E-state index in [9.17, 15) is 4.79 Å². The third-order valence-electron chi connectivity index (χ3n) is 4.46. The Morgan fingerprint density at radius 2 is 2.04 bits per heavy atom. The van der Waals surface area contributed by atoms with Crippen molar-refractivity contribution in [3.63, 3.8) is 0 Å². The summed E-state index contributed by atoms with van der Waals surface area (Å²) >= 11 is 6.08. The number of allylic oxidation sites excluding steroid dienone is 1. The zero-order chi connectivity index (χ0) is 18.4. The van der Waals surface area contributed by atoms with Crippen molar-refractivity contribution in [2.75, 3.05) is 17.2 Å². The molecule has 1 aliphatic carbocycles. The van der Waals surface area contributed by atoms with Gasteiger partial charge in [-0.2, -0.15) is 0 Å². The number of nitrogens with zero attached hydrogens (tertiary/aromatic N) is 2. The molecule has 2 N–H and O–H groups in total. The summed E-state index contributed by atoms with van der Waals surface area (Å²) < 4.78 is 0. The highest BCUT2D eigenvalue weighted by Crippen LogP contribution is 2.21. The number of nitrogens with one attached hydrogen (secondary N) is 2. The van der Waals surface area contributed by atoms with Gasteiger partial charge in [0.25, 0.3) is 5.91 Å². The first-order valence-electron chi connectivity index (χ1n) is 8.93. The Hall–Kier alpha value is -2.40. The minimum absolute atomic E-state index is 0.260. The molecule has 0 bridgehead atoms. The maximum Gasteiger partial charge on any atom is 0.258 e. The van der Waals surface area contributed by atoms with Gasteiger partial charge >= 0.3 is 0 Å². The molecule has 1 aromatic heterocycles. The third kappa shape index (κ3) is 5.05. The fourth-order valence-electron chi connectivity index (χ4n) is 2.88. The average Bonchev–Trinajstić information content (AvgIpc) is 2.66. The monoisotopic (exact) mass is 370 g/mol. The topological polar surface area (TPSA) is 66.9 Å². The van der Waals surface area contributed by atoms with Crippen molar-refractivity contribution in [3.05, 3.63) is 58.4 Å². The predicted octanol–water partition coefficient (Wildman–Crippen LogP) is 4.99. The molecule has 6 heteroatoms. The van der Waals surface area contributed by atoms with Gasteiger partial charge in [0, 0.05) is 29.6 Å². The first-order chi connectivity index (χ1) is 12.6. The molecule has 0 radical (unpaired) electrons. The van der Waals surface area contributed by atoms with E-state index in [1.807, 2.05) is 19.1 Å². The van der Waals surface area contributed by atoms with Crippen molar-refractivity contribution in [2.24, 2.45) is 0 Å². The second-order valence-corrected chi connectivity index (χ2v) is 6.91. The van der Waals surface area contributed by atoms with Crippen LogP contribution in [-0.4, -0.2) is 22.4 Å². The molecule has 0 saturated carbocycles. The Morgan fingerprint density at radius 1 is 1.23 bits per heavy atom. The Labute approximate surface area is 158 Å². The van der Waals surface area contributed by atoms with Crippen LogP contribution in [0.15, 0.2) is 42.2 Å². The molecule has 0 unspecified atom stereocenters. The van der Waals surface area contributed by atoms with Gasteiger partial charge < -0.3 is 10.6 Å². The lowest BCUT2D eigenvalue weighted by Crippen LogP contribution is -2.14. The fourth-order valence-corrected chi connectivity index (χ4v) is 3.06. The number of carbonyl (C=O) groups is 1. The number of hydrogen-bond donors (Lipinski definition) is 2. The molecular formula is C20H23ClN4O. The molecular weight excluding hydrogens is 348 g/mol. The van der Waals surface area contributed by atoms with Gasteiger partial charge in [0.2, 0.25) is 5.95 Å². The van der Waals surface area contributed by atoms with E-state index in [1.165, 1.54) is 43.7 Å². The van der Waals surface area contributed by atoms with Gasteiger partial charge in [-0.25, -0.2) is 9.97 Å². The second kappa shape index (κ2) is 8.81. The van der Waals surface area contributed by atoms with Gasteiger partial charge in [0.1, 0.15) is 0 Å². The van der Waals surface area contributed by atoms with Crippen LogP contribution < -0.4 is 10.6 Å². The Balaban J connectivity index is 1.52. The van der Waals surface area contributed by atoms with Gasteiger partial charge in [-0.3, -0.25) is 4.79 Å². The lowest BCUT2D eigenvalue weighted by atomic mass is 9.97. The zero-order valence-corrected chi connectivity index (χ0v) is 15.6. The van der Waals surface area contributed by atoms with Gasteiger partial charge in [-0.05, 0) is 56.7 Å². The summed E-state index contributed by atoms with van der Waals surface area (Å²) in [7, 11) is 0. The van der Waals surface area contributed by atoms with Gasteiger partial charge in [0.15, 0.2) is 0 Å². The minimum atomic E-state index is -0.260. The van der Waals surface area contributed by atoms with E-state index < -0.39 is 0 Å². The van der Waals surface area contributed by atoms with Crippen molar-refractivity contribution in [1.29, 1.82) is 0 Å². The standard InChI is InChI=1S/C20H23ClN4O/c1-14-7-8-17(11-18(14)21)25-19(26)16-12-23-20(24-13-16)22-10-9-15-5-3-2-4-6-15/h5,7-8,11-13H,2-4,6,9-10H2,1H3,(H,25,26)(H,22,23,24). The summed E-state index contributed by atoms with van der Waals surface area (Å²) in [5.41, 5.74) is 3.53. The third-order valence-corrected chi connectivity index (χ3v) is 4.87. The van der Waals surface area contributed by atoms with E-state index in [2.05, 4.69) is 26.7 Å². The highest BCUT2D eigenvalue weighted by atomic mass is 35.5. The predicted molar refractivity (Wildman–Crippen MR) is 106 cm³/mol. The SMILES string of the molecule is Cc1ccc(NC(=O)c2cnc(NCCC3=CCCCC3)nc2)cc1Cl. The molecule has 1 aliphatic rings. The van der Waals surface area contributed by atoms with Crippen LogP contribution in [0.25, 0.3) is 0 Å². The van der Waals surface area contributed by atoms with Crippen LogP contribution in [0, 0.1) is 6.92 Å². The normalized spacial score (nSPS) is 13.8. The van der Waals surface area contributed by atoms with E-state index in [4.69, 9.17) is 11.6 Å². The van der Waals surface area contributed by atoms with Crippen LogP contribution in [0.1, 0.15) is 48.0 Å². The maximum atomic E-state index is 12.3. The number of aryl methyl sites for hydroxylation is 1. The van der Waals surface area contributed by atoms with Crippen molar-refractivity contribution in [2.45, 2.75) is 39.0 Å². The number of halogens is 1. The average molecular weight is 371 g/mol. The van der Waals surface area contributed by atoms with Crippen LogP contribution in [0.5, 0.6) is 0 Å². The molecule has 0 spiro atoms. The molecule has 2 aromatic rings. The van der Waals surface area contributed by atoms with Crippen LogP contribution >= 0.6 is 11.6 Å². The van der Waals surface area contributed by atoms with Gasteiger partial charge in [-0.1, -0.05) is 29.3 Å². The number of amides is 1. The zero-order valence-electron chi connectivity index (χ0n) is 14.9. The Bertz CT molecular complexity index is 802. The summed E-state index contributed by atoms with van der Waals surface area (Å²) in [6, 6.07) is 5.41. The number of hydrogen-bond acceptors (Lipinski definition) is 4. The first kappa shape index (κ1) is 18.4. The van der Waals surface area contributed by atoms with E-state index in [0.29, 0.717) is 22.2 Å². The van der Waals surface area contributed by atoms with Crippen LogP contribution in [0.3, 0.4) is 0 Å². The molecule has 0 saturated heterocycles. The van der Waals surface area contributed by atoms with E-state index in [-0.39, 0.29) is 5.91 Å². The lowest BCUT2D eigenvalue weighted by molar-refractivity contribution is 0.102. The Kier molecular flexibility index (Phi) is 6.23. The van der Waals surface area contributed by atoms with Crippen LogP contribution in [0.2, 0.25) is 5.02 Å². The molecule has 1 aromatic carbocycles. The highest BCUT2D eigenvalue weighted by molar-refractivity contribution is 6.31. The van der Waals surface area contributed by atoms with Gasteiger partial charge in [-0.15, -0.1) is 0 Å². The number of anilines is 2. The van der Waals surface area contributed by atoms with Crippen molar-refractivity contribution in [3.8, 4) is 0 Å². The minimum Gasteiger partial charge on any atom is -0.354 e. The molecule has 26 heavy (non-hydrogen) atoms. The second-order valence-electron chi connectivity index (χ2n) is 6.50. The molecule has 5 nitrogen and oxygen atoms in total. The Morgan fingerprint density at radius 3 is 2.73 bits per heavy atom. The molecule has 0 fully saturated rings. The maximum absolute atomic E-state index is 12.3. The summed E-state index contributed by atoms with van der Waals surface area (Å²) in [6.45, 7) is 2.72.